The van der Waals surface area contributed by atoms with Crippen molar-refractivity contribution >= 4 is 7.94 Å². The summed E-state index contributed by atoms with van der Waals surface area (Å²) < 4.78 is 4.22. The molecule has 0 fully saturated rings. The molecular weight excluding hydrogens is 131 g/mol. The molecule has 0 saturated heterocycles. The van der Waals surface area contributed by atoms with E-state index in [4.69, 9.17) is 14.9 Å². The zero-order valence-electron chi connectivity index (χ0n) is 4.77. The molecule has 5 heteroatoms. The minimum Gasteiger partial charge on any atom is -0.365 e. The average molecular weight is 141 g/mol. The Labute approximate surface area is 48.3 Å². The average Bonchev–Trinajstić information content (AvgIpc) is 1.21. The molecule has 8 heavy (non-hydrogen) atoms. The van der Waals surface area contributed by atoms with E-state index in [1.54, 1.807) is 0 Å². The van der Waals surface area contributed by atoms with Crippen molar-refractivity contribution in [1.29, 1.82) is 0 Å². The van der Waals surface area contributed by atoms with Crippen molar-refractivity contribution < 1.29 is 19.4 Å². The summed E-state index contributed by atoms with van der Waals surface area (Å²) in [4.78, 5) is 16.9. The largest absolute Gasteiger partial charge is 0.405 e. The lowest BCUT2D eigenvalue weighted by Gasteiger charge is -2.06. The highest BCUT2D eigenvalue weighted by Gasteiger charge is 2.29. The molecule has 0 aromatic carbocycles. The second kappa shape index (κ2) is 2.71. The number of rotatable bonds is 2. The summed E-state index contributed by atoms with van der Waals surface area (Å²) in [6, 6.07) is 0. The van der Waals surface area contributed by atoms with Gasteiger partial charge in [-0.25, -0.2) is 0 Å². The Morgan fingerprint density at radius 2 is 1.88 bits per heavy atom. The highest BCUT2D eigenvalue weighted by molar-refractivity contribution is 7.58. The lowest BCUT2D eigenvalue weighted by atomic mass is 10.8. The van der Waals surface area contributed by atoms with Crippen LogP contribution in [0.1, 0.15) is 6.92 Å². The van der Waals surface area contributed by atoms with E-state index < -0.39 is 14.2 Å². The maximum absolute atomic E-state index is 8.47. The van der Waals surface area contributed by atoms with Gasteiger partial charge in [-0.3, -0.25) is 0 Å². The van der Waals surface area contributed by atoms with E-state index >= 15 is 0 Å². The molecule has 0 amide bonds. The third-order valence-corrected chi connectivity index (χ3v) is 1.06. The van der Waals surface area contributed by atoms with Gasteiger partial charge in [0.25, 0.3) is 0 Å². The molecule has 0 heterocycles. The number of hydrogen-bond acceptors (Lipinski definition) is 4. The van der Waals surface area contributed by atoms with Crippen LogP contribution >= 0.6 is 7.94 Å². The van der Waals surface area contributed by atoms with Crippen molar-refractivity contribution in [2.45, 2.75) is 13.2 Å². The van der Waals surface area contributed by atoms with Crippen LogP contribution in [0.3, 0.4) is 0 Å². The lowest BCUT2D eigenvalue weighted by molar-refractivity contribution is -0.0143. The summed E-state index contributed by atoms with van der Waals surface area (Å²) in [5.41, 5.74) is 0. The van der Waals surface area contributed by atoms with E-state index in [1.807, 2.05) is 0 Å². The Morgan fingerprint density at radius 1 is 1.50 bits per heavy atom. The van der Waals surface area contributed by atoms with Crippen molar-refractivity contribution in [2.75, 3.05) is 6.66 Å². The van der Waals surface area contributed by atoms with Gasteiger partial charge in [-0.05, 0) is 6.92 Å². The van der Waals surface area contributed by atoms with E-state index in [2.05, 4.69) is 4.52 Å². The van der Waals surface area contributed by atoms with Crippen LogP contribution in [0.4, 0.5) is 0 Å². The van der Waals surface area contributed by atoms with Crippen LogP contribution in [0.2, 0.25) is 0 Å². The van der Waals surface area contributed by atoms with Gasteiger partial charge in [0.05, 0.1) is 0 Å². The fourth-order valence-electron chi connectivity index (χ4n) is 0.289. The Hall–Kier alpha value is 0.270. The molecule has 3 N–H and O–H groups in total. The summed E-state index contributed by atoms with van der Waals surface area (Å²) in [6.45, 7) is 2.43. The Bertz CT molecular complexity index is 66.2. The second-order valence-electron chi connectivity index (χ2n) is 1.54. The summed E-state index contributed by atoms with van der Waals surface area (Å²) in [6.07, 6.45) is -1.11. The van der Waals surface area contributed by atoms with Crippen LogP contribution in [0, 0.1) is 0 Å². The zero-order valence-corrected chi connectivity index (χ0v) is 5.67. The van der Waals surface area contributed by atoms with Crippen molar-refractivity contribution in [1.82, 2.24) is 0 Å². The molecule has 0 aliphatic heterocycles. The summed E-state index contributed by atoms with van der Waals surface area (Å²) >= 11 is 0. The smallest absolute Gasteiger partial charge is 0.365 e. The fraction of sp³-hybridized carbons (Fsp3) is 1.00. The molecule has 0 aliphatic carbocycles. The van der Waals surface area contributed by atoms with E-state index in [9.17, 15) is 0 Å². The summed E-state index contributed by atoms with van der Waals surface area (Å²) in [5, 5.41) is 8.37. The van der Waals surface area contributed by atoms with Crippen molar-refractivity contribution in [3.05, 3.63) is 0 Å². The van der Waals surface area contributed by atoms with Gasteiger partial charge < -0.3 is 5.11 Å². The molecule has 0 saturated carbocycles. The van der Waals surface area contributed by atoms with Crippen LogP contribution < -0.4 is 0 Å². The van der Waals surface area contributed by atoms with Gasteiger partial charge in [-0.2, -0.15) is 9.79 Å². The van der Waals surface area contributed by atoms with Gasteiger partial charge in [-0.15, -0.1) is 4.52 Å². The Kier molecular flexibility index (Phi) is 2.80. The number of aliphatic hydroxyl groups excluding tert-OH is 1. The number of aliphatic hydroxyl groups is 1. The molecule has 0 spiro atoms. The van der Waals surface area contributed by atoms with E-state index in [1.165, 1.54) is 6.92 Å². The van der Waals surface area contributed by atoms with Crippen LogP contribution in [0.15, 0.2) is 0 Å². The molecule has 1 atom stereocenters. The minimum absolute atomic E-state index is 1.11. The van der Waals surface area contributed by atoms with E-state index in [0.29, 0.717) is 0 Å². The summed E-state index contributed by atoms with van der Waals surface area (Å²) in [5.74, 6) is 0. The first kappa shape index (κ1) is 8.27. The fourth-order valence-corrected chi connectivity index (χ4v) is 0.867. The second-order valence-corrected chi connectivity index (χ2v) is 3.42. The van der Waals surface area contributed by atoms with Crippen molar-refractivity contribution in [2.24, 2.45) is 0 Å². The first-order valence-corrected chi connectivity index (χ1v) is 4.16. The minimum atomic E-state index is -3.22. The standard InChI is InChI=1S/C3H10O4P/c1-3(4)7-8(2,5)6/h3-6H,1-2H3/q+1. The molecular formula is C3H10O4P+. The molecule has 0 rings (SSSR count). The quantitative estimate of drug-likeness (QED) is 0.365. The zero-order chi connectivity index (χ0) is 6.78. The monoisotopic (exact) mass is 141 g/mol. The van der Waals surface area contributed by atoms with Crippen LogP contribution in [0.25, 0.3) is 0 Å². The lowest BCUT2D eigenvalue weighted by Crippen LogP contribution is -2.06. The van der Waals surface area contributed by atoms with Gasteiger partial charge >= 0.3 is 7.94 Å². The topological polar surface area (TPSA) is 69.9 Å². The molecule has 0 bridgehead atoms. The molecule has 0 radical (unpaired) electrons. The maximum atomic E-state index is 8.47. The normalized spacial score (nSPS) is 16.1. The highest BCUT2D eigenvalue weighted by Crippen LogP contribution is 2.47. The summed E-state index contributed by atoms with van der Waals surface area (Å²) in [7, 11) is -3.22. The first-order valence-electron chi connectivity index (χ1n) is 2.10. The van der Waals surface area contributed by atoms with E-state index in [-0.39, 0.29) is 0 Å². The van der Waals surface area contributed by atoms with Crippen LogP contribution in [-0.2, 0) is 4.52 Å². The molecule has 0 aromatic rings. The predicted octanol–water partition coefficient (Wildman–Crippen LogP) is -0.282. The predicted molar refractivity (Wildman–Crippen MR) is 30.0 cm³/mol. The molecule has 1 unspecified atom stereocenters. The Balaban J connectivity index is 3.39. The van der Waals surface area contributed by atoms with Gasteiger partial charge in [0.1, 0.15) is 6.66 Å². The maximum Gasteiger partial charge on any atom is 0.405 e. The third kappa shape index (κ3) is 6.27. The van der Waals surface area contributed by atoms with Crippen LogP contribution in [0.5, 0.6) is 0 Å². The molecule has 0 aromatic heterocycles. The van der Waals surface area contributed by atoms with Crippen LogP contribution in [-0.4, -0.2) is 27.8 Å². The van der Waals surface area contributed by atoms with Gasteiger partial charge in [0.2, 0.25) is 6.29 Å². The molecule has 0 aliphatic rings. The Morgan fingerprint density at radius 3 is 1.88 bits per heavy atom. The molecule has 50 valence electrons. The number of hydrogen-bond donors (Lipinski definition) is 3. The SMILES string of the molecule is CC(O)O[P+](C)(O)O. The van der Waals surface area contributed by atoms with E-state index in [0.717, 1.165) is 6.66 Å². The van der Waals surface area contributed by atoms with Gasteiger partial charge in [0, 0.05) is 0 Å². The first-order chi connectivity index (χ1) is 3.42. The van der Waals surface area contributed by atoms with Crippen molar-refractivity contribution in [3.8, 4) is 0 Å². The van der Waals surface area contributed by atoms with Gasteiger partial charge in [0.15, 0.2) is 0 Å². The third-order valence-electron chi connectivity index (χ3n) is 0.352. The van der Waals surface area contributed by atoms with Gasteiger partial charge in [-0.1, -0.05) is 0 Å². The molecule has 4 nitrogen and oxygen atoms in total. The van der Waals surface area contributed by atoms with Crippen molar-refractivity contribution in [3.63, 3.8) is 0 Å². The highest BCUT2D eigenvalue weighted by atomic mass is 31.2.